The van der Waals surface area contributed by atoms with Gasteiger partial charge in [0, 0.05) is 35.7 Å². The van der Waals surface area contributed by atoms with Crippen molar-refractivity contribution in [1.82, 2.24) is 19.7 Å². The number of halogens is 1. The van der Waals surface area contributed by atoms with E-state index in [2.05, 4.69) is 10.1 Å². The second-order valence-electron chi connectivity index (χ2n) is 9.26. The number of hydrogen-bond donors (Lipinski definition) is 1. The van der Waals surface area contributed by atoms with E-state index in [0.29, 0.717) is 12.3 Å². The molecule has 0 spiro atoms. The Labute approximate surface area is 192 Å². The Balaban J connectivity index is 1.82. The van der Waals surface area contributed by atoms with E-state index >= 15 is 0 Å². The number of amides is 1. The first-order chi connectivity index (χ1) is 15.7. The summed E-state index contributed by atoms with van der Waals surface area (Å²) in [6.07, 6.45) is 5.22. The van der Waals surface area contributed by atoms with Crippen molar-refractivity contribution in [2.24, 2.45) is 0 Å². The number of hydrogen-bond acceptors (Lipinski definition) is 4. The highest BCUT2D eigenvalue weighted by atomic mass is 19.1. The molecule has 1 amide bonds. The molecule has 33 heavy (non-hydrogen) atoms. The second-order valence-corrected chi connectivity index (χ2v) is 9.26. The lowest BCUT2D eigenvalue weighted by Gasteiger charge is -2.33. The van der Waals surface area contributed by atoms with E-state index in [1.54, 1.807) is 24.5 Å². The number of ether oxygens (including phenoxy) is 1. The van der Waals surface area contributed by atoms with Crippen LogP contribution in [-0.2, 0) is 11.3 Å². The SMILES string of the molecule is CC(C)(C)N(Cc1cnc(-c2ccc(F)cc2)cc1-c1ccnn1C1CCCCO1)C(=O)O. The summed E-state index contributed by atoms with van der Waals surface area (Å²) in [5.74, 6) is -0.314. The molecule has 1 fully saturated rings. The molecule has 0 radical (unpaired) electrons. The van der Waals surface area contributed by atoms with Gasteiger partial charge in [-0.15, -0.1) is 0 Å². The van der Waals surface area contributed by atoms with Crippen molar-refractivity contribution in [1.29, 1.82) is 0 Å². The van der Waals surface area contributed by atoms with Gasteiger partial charge in [0.25, 0.3) is 0 Å². The Morgan fingerprint density at radius 1 is 1.24 bits per heavy atom. The average molecular weight is 453 g/mol. The third-order valence-electron chi connectivity index (χ3n) is 5.87. The minimum absolute atomic E-state index is 0.168. The first-order valence-electron chi connectivity index (χ1n) is 11.1. The number of aromatic nitrogens is 3. The maximum absolute atomic E-state index is 13.5. The van der Waals surface area contributed by atoms with E-state index in [1.807, 2.05) is 37.6 Å². The van der Waals surface area contributed by atoms with Gasteiger partial charge < -0.3 is 9.84 Å². The highest BCUT2D eigenvalue weighted by molar-refractivity contribution is 5.72. The molecule has 3 heterocycles. The molecule has 1 aromatic carbocycles. The Hall–Kier alpha value is -3.26. The fourth-order valence-electron chi connectivity index (χ4n) is 4.06. The van der Waals surface area contributed by atoms with Crippen LogP contribution in [-0.4, -0.2) is 43.0 Å². The van der Waals surface area contributed by atoms with Crippen LogP contribution in [0.5, 0.6) is 0 Å². The zero-order valence-corrected chi connectivity index (χ0v) is 19.2. The molecule has 0 saturated carbocycles. The molecule has 2 aromatic heterocycles. The molecule has 1 aliphatic rings. The fraction of sp³-hybridized carbons (Fsp3) is 0.400. The third kappa shape index (κ3) is 5.06. The van der Waals surface area contributed by atoms with Crippen LogP contribution >= 0.6 is 0 Å². The summed E-state index contributed by atoms with van der Waals surface area (Å²) >= 11 is 0. The van der Waals surface area contributed by atoms with E-state index in [0.717, 1.165) is 41.6 Å². The molecule has 1 N–H and O–H groups in total. The zero-order chi connectivity index (χ0) is 23.6. The normalized spacial score (nSPS) is 16.5. The molecule has 1 atom stereocenters. The quantitative estimate of drug-likeness (QED) is 0.535. The number of carboxylic acid groups (broad SMARTS) is 1. The van der Waals surface area contributed by atoms with Gasteiger partial charge in [0.2, 0.25) is 0 Å². The van der Waals surface area contributed by atoms with Crippen LogP contribution in [0.25, 0.3) is 22.5 Å². The molecule has 7 nitrogen and oxygen atoms in total. The van der Waals surface area contributed by atoms with Gasteiger partial charge >= 0.3 is 6.09 Å². The van der Waals surface area contributed by atoms with Crippen LogP contribution in [0.2, 0.25) is 0 Å². The third-order valence-corrected chi connectivity index (χ3v) is 5.87. The summed E-state index contributed by atoms with van der Waals surface area (Å²) in [5, 5.41) is 14.4. The van der Waals surface area contributed by atoms with Crippen molar-refractivity contribution in [3.8, 4) is 22.5 Å². The summed E-state index contributed by atoms with van der Waals surface area (Å²) in [6, 6.07) is 9.99. The highest BCUT2D eigenvalue weighted by Crippen LogP contribution is 2.33. The van der Waals surface area contributed by atoms with E-state index < -0.39 is 11.6 Å². The van der Waals surface area contributed by atoms with Gasteiger partial charge in [0.15, 0.2) is 6.23 Å². The summed E-state index contributed by atoms with van der Waals surface area (Å²) in [7, 11) is 0. The van der Waals surface area contributed by atoms with Gasteiger partial charge in [-0.05, 0) is 82.0 Å². The number of nitrogens with zero attached hydrogens (tertiary/aromatic N) is 4. The van der Waals surface area contributed by atoms with Crippen LogP contribution in [0, 0.1) is 5.82 Å². The smallest absolute Gasteiger partial charge is 0.408 e. The van der Waals surface area contributed by atoms with Gasteiger partial charge in [-0.2, -0.15) is 5.10 Å². The van der Waals surface area contributed by atoms with Gasteiger partial charge in [0.05, 0.1) is 17.9 Å². The predicted molar refractivity (Wildman–Crippen MR) is 123 cm³/mol. The van der Waals surface area contributed by atoms with Crippen molar-refractivity contribution < 1.29 is 19.0 Å². The van der Waals surface area contributed by atoms with Crippen LogP contribution in [0.15, 0.2) is 48.8 Å². The lowest BCUT2D eigenvalue weighted by Crippen LogP contribution is -2.44. The zero-order valence-electron chi connectivity index (χ0n) is 19.2. The minimum atomic E-state index is -1.000. The molecule has 4 rings (SSSR count). The van der Waals surface area contributed by atoms with E-state index in [-0.39, 0.29) is 18.6 Å². The predicted octanol–water partition coefficient (Wildman–Crippen LogP) is 5.73. The van der Waals surface area contributed by atoms with E-state index in [1.165, 1.54) is 17.0 Å². The number of pyridine rings is 1. The molecule has 1 aliphatic heterocycles. The Bertz CT molecular complexity index is 1120. The highest BCUT2D eigenvalue weighted by Gasteiger charge is 2.28. The molecule has 0 aliphatic carbocycles. The summed E-state index contributed by atoms with van der Waals surface area (Å²) in [5.41, 5.74) is 3.27. The van der Waals surface area contributed by atoms with Gasteiger partial charge in [0.1, 0.15) is 5.82 Å². The summed E-state index contributed by atoms with van der Waals surface area (Å²) in [6.45, 7) is 6.44. The number of carbonyl (C=O) groups is 1. The fourth-order valence-corrected chi connectivity index (χ4v) is 4.06. The first-order valence-corrected chi connectivity index (χ1v) is 11.1. The van der Waals surface area contributed by atoms with Gasteiger partial charge in [-0.1, -0.05) is 0 Å². The van der Waals surface area contributed by atoms with Gasteiger partial charge in [-0.3, -0.25) is 9.88 Å². The van der Waals surface area contributed by atoms with E-state index in [9.17, 15) is 14.3 Å². The maximum Gasteiger partial charge on any atom is 0.408 e. The van der Waals surface area contributed by atoms with Crippen LogP contribution in [0.4, 0.5) is 9.18 Å². The van der Waals surface area contributed by atoms with Crippen molar-refractivity contribution in [3.63, 3.8) is 0 Å². The van der Waals surface area contributed by atoms with Crippen molar-refractivity contribution in [3.05, 3.63) is 60.2 Å². The largest absolute Gasteiger partial charge is 0.465 e. The molecular weight excluding hydrogens is 423 g/mol. The number of benzene rings is 1. The molecule has 3 aromatic rings. The van der Waals surface area contributed by atoms with Crippen molar-refractivity contribution >= 4 is 6.09 Å². The minimum Gasteiger partial charge on any atom is -0.465 e. The maximum atomic E-state index is 13.5. The van der Waals surface area contributed by atoms with Gasteiger partial charge in [-0.25, -0.2) is 13.9 Å². The molecule has 174 valence electrons. The molecule has 0 bridgehead atoms. The Morgan fingerprint density at radius 3 is 2.64 bits per heavy atom. The van der Waals surface area contributed by atoms with Crippen molar-refractivity contribution in [2.75, 3.05) is 6.61 Å². The lowest BCUT2D eigenvalue weighted by atomic mass is 10.00. The van der Waals surface area contributed by atoms with E-state index in [4.69, 9.17) is 4.74 Å². The van der Waals surface area contributed by atoms with Crippen LogP contribution in [0.3, 0.4) is 0 Å². The topological polar surface area (TPSA) is 80.5 Å². The second kappa shape index (κ2) is 9.31. The van der Waals surface area contributed by atoms with Crippen LogP contribution in [0.1, 0.15) is 51.8 Å². The number of rotatable bonds is 5. The molecular formula is C25H29FN4O3. The summed E-state index contributed by atoms with van der Waals surface area (Å²) in [4.78, 5) is 18.0. The summed E-state index contributed by atoms with van der Waals surface area (Å²) < 4.78 is 21.3. The van der Waals surface area contributed by atoms with Crippen molar-refractivity contribution in [2.45, 2.75) is 58.3 Å². The molecule has 1 saturated heterocycles. The molecule has 8 heteroatoms. The Kier molecular flexibility index (Phi) is 6.47. The average Bonchev–Trinajstić information content (AvgIpc) is 3.27. The van der Waals surface area contributed by atoms with Crippen LogP contribution < -0.4 is 0 Å². The standard InChI is InChI=1S/C25H29FN4O3/c1-25(2,3)29(24(31)32)16-18-15-27-21(17-7-9-19(26)10-8-17)14-20(18)22-11-12-28-30(22)23-6-4-5-13-33-23/h7-12,14-15,23H,4-6,13,16H2,1-3H3,(H,31,32). The Morgan fingerprint density at radius 2 is 2.00 bits per heavy atom. The first kappa shape index (κ1) is 22.9. The monoisotopic (exact) mass is 452 g/mol. The lowest BCUT2D eigenvalue weighted by molar-refractivity contribution is -0.0383. The molecule has 1 unspecified atom stereocenters.